The Bertz CT molecular complexity index is 142. The van der Waals surface area contributed by atoms with Gasteiger partial charge in [0.05, 0.1) is 0 Å². The van der Waals surface area contributed by atoms with Gasteiger partial charge in [-0.1, -0.05) is 66.2 Å². The van der Waals surface area contributed by atoms with Crippen molar-refractivity contribution in [1.29, 1.82) is 0 Å². The first kappa shape index (κ1) is 16.0. The molecule has 0 bridgehead atoms. The Morgan fingerprint density at radius 1 is 0.875 bits per heavy atom. The lowest BCUT2D eigenvalue weighted by atomic mass is 9.76. The van der Waals surface area contributed by atoms with Crippen molar-refractivity contribution in [3.05, 3.63) is 0 Å². The first-order valence-electron chi connectivity index (χ1n) is 7.37. The van der Waals surface area contributed by atoms with Crippen LogP contribution in [-0.2, 0) is 0 Å². The Balaban J connectivity index is 4.20. The number of nitrogens with two attached hydrogens (primary N) is 1. The van der Waals surface area contributed by atoms with Gasteiger partial charge in [-0.3, -0.25) is 0 Å². The van der Waals surface area contributed by atoms with Crippen LogP contribution in [0, 0.1) is 17.8 Å². The monoisotopic (exact) mass is 227 g/mol. The van der Waals surface area contributed by atoms with E-state index in [1.54, 1.807) is 0 Å². The van der Waals surface area contributed by atoms with E-state index in [-0.39, 0.29) is 0 Å². The maximum atomic E-state index is 5.77. The fourth-order valence-electron chi connectivity index (χ4n) is 2.89. The molecule has 16 heavy (non-hydrogen) atoms. The maximum absolute atomic E-state index is 5.77. The van der Waals surface area contributed by atoms with Crippen molar-refractivity contribution in [3.63, 3.8) is 0 Å². The first-order chi connectivity index (χ1) is 7.67. The zero-order chi connectivity index (χ0) is 12.4. The minimum Gasteiger partial charge on any atom is -0.330 e. The molecule has 0 aliphatic heterocycles. The summed E-state index contributed by atoms with van der Waals surface area (Å²) in [5.74, 6) is 2.58. The molecule has 0 rings (SSSR count). The largest absolute Gasteiger partial charge is 0.330 e. The molecule has 0 saturated carbocycles. The Labute approximate surface area is 103 Å². The highest BCUT2D eigenvalue weighted by Gasteiger charge is 2.22. The van der Waals surface area contributed by atoms with Crippen LogP contribution in [0.15, 0.2) is 0 Å². The van der Waals surface area contributed by atoms with Gasteiger partial charge >= 0.3 is 0 Å². The minimum atomic E-state index is 0.818. The van der Waals surface area contributed by atoms with Crippen LogP contribution in [0.1, 0.15) is 72.6 Å². The van der Waals surface area contributed by atoms with Crippen LogP contribution < -0.4 is 5.73 Å². The van der Waals surface area contributed by atoms with Gasteiger partial charge in [-0.15, -0.1) is 0 Å². The van der Waals surface area contributed by atoms with Crippen molar-refractivity contribution in [3.8, 4) is 0 Å². The smallest absolute Gasteiger partial charge is 0.00745 e. The summed E-state index contributed by atoms with van der Waals surface area (Å²) in [6.45, 7) is 10.2. The van der Waals surface area contributed by atoms with Crippen LogP contribution in [0.5, 0.6) is 0 Å². The number of unbranched alkanes of at least 4 members (excludes halogenated alkanes) is 2. The molecule has 98 valence electrons. The maximum Gasteiger partial charge on any atom is -0.00745 e. The number of hydrogen-bond acceptors (Lipinski definition) is 1. The summed E-state index contributed by atoms with van der Waals surface area (Å²) in [7, 11) is 0. The lowest BCUT2D eigenvalue weighted by Crippen LogP contribution is -2.23. The average molecular weight is 227 g/mol. The van der Waals surface area contributed by atoms with Gasteiger partial charge in [0.1, 0.15) is 0 Å². The molecule has 0 aromatic rings. The predicted molar refractivity (Wildman–Crippen MR) is 74.5 cm³/mol. The molecule has 0 amide bonds. The fraction of sp³-hybridized carbons (Fsp3) is 1.00. The molecule has 2 N–H and O–H groups in total. The van der Waals surface area contributed by atoms with Crippen molar-refractivity contribution in [2.45, 2.75) is 72.6 Å². The third kappa shape index (κ3) is 6.52. The Kier molecular flexibility index (Phi) is 10.1. The molecule has 0 aromatic heterocycles. The Morgan fingerprint density at radius 3 is 2.00 bits per heavy atom. The molecular formula is C15H33N. The molecule has 2 atom stereocenters. The van der Waals surface area contributed by atoms with E-state index >= 15 is 0 Å². The van der Waals surface area contributed by atoms with Gasteiger partial charge in [-0.2, -0.15) is 0 Å². The normalized spacial score (nSPS) is 15.4. The summed E-state index contributed by atoms with van der Waals surface area (Å²) in [5, 5.41) is 0. The molecule has 0 aliphatic carbocycles. The van der Waals surface area contributed by atoms with Gasteiger partial charge in [0.15, 0.2) is 0 Å². The topological polar surface area (TPSA) is 26.0 Å². The van der Waals surface area contributed by atoms with Crippen LogP contribution in [0.25, 0.3) is 0 Å². The first-order valence-corrected chi connectivity index (χ1v) is 7.37. The molecule has 0 heterocycles. The van der Waals surface area contributed by atoms with Gasteiger partial charge in [-0.25, -0.2) is 0 Å². The SMILES string of the molecule is CCCCCC(CCN)C(CCC)C(C)C. The molecule has 1 heteroatoms. The van der Waals surface area contributed by atoms with E-state index in [9.17, 15) is 0 Å². The summed E-state index contributed by atoms with van der Waals surface area (Å²) in [4.78, 5) is 0. The van der Waals surface area contributed by atoms with Crippen molar-refractivity contribution in [2.24, 2.45) is 23.5 Å². The van der Waals surface area contributed by atoms with Crippen LogP contribution in [0.4, 0.5) is 0 Å². The summed E-state index contributed by atoms with van der Waals surface area (Å²) in [5.41, 5.74) is 5.77. The van der Waals surface area contributed by atoms with Crippen LogP contribution in [0.2, 0.25) is 0 Å². The summed E-state index contributed by atoms with van der Waals surface area (Å²) < 4.78 is 0. The van der Waals surface area contributed by atoms with Gasteiger partial charge in [0.2, 0.25) is 0 Å². The van der Waals surface area contributed by atoms with Crippen LogP contribution in [-0.4, -0.2) is 6.54 Å². The Morgan fingerprint density at radius 2 is 1.56 bits per heavy atom. The Hall–Kier alpha value is -0.0400. The van der Waals surface area contributed by atoms with Crippen molar-refractivity contribution in [1.82, 2.24) is 0 Å². The molecule has 1 nitrogen and oxygen atoms in total. The zero-order valence-corrected chi connectivity index (χ0v) is 12.0. The quantitative estimate of drug-likeness (QED) is 0.542. The standard InChI is InChI=1S/C15H33N/c1-5-7-8-10-14(11-12-16)15(9-6-2)13(3)4/h13-15H,5-12,16H2,1-4H3. The average Bonchev–Trinajstić information content (AvgIpc) is 2.25. The van der Waals surface area contributed by atoms with Crippen molar-refractivity contribution >= 4 is 0 Å². The molecular weight excluding hydrogens is 194 g/mol. The lowest BCUT2D eigenvalue weighted by molar-refractivity contribution is 0.209. The second-order valence-corrected chi connectivity index (χ2v) is 5.53. The van der Waals surface area contributed by atoms with E-state index in [1.807, 2.05) is 0 Å². The van der Waals surface area contributed by atoms with E-state index < -0.39 is 0 Å². The van der Waals surface area contributed by atoms with Gasteiger partial charge in [0, 0.05) is 0 Å². The predicted octanol–water partition coefficient (Wildman–Crippen LogP) is 4.60. The van der Waals surface area contributed by atoms with E-state index in [0.717, 1.165) is 24.3 Å². The van der Waals surface area contributed by atoms with Crippen LogP contribution in [0.3, 0.4) is 0 Å². The molecule has 0 radical (unpaired) electrons. The third-order valence-electron chi connectivity index (χ3n) is 3.80. The minimum absolute atomic E-state index is 0.818. The molecule has 0 aromatic carbocycles. The van der Waals surface area contributed by atoms with E-state index in [0.29, 0.717) is 0 Å². The summed E-state index contributed by atoms with van der Waals surface area (Å²) >= 11 is 0. The van der Waals surface area contributed by atoms with E-state index in [1.165, 1.54) is 44.9 Å². The highest BCUT2D eigenvalue weighted by atomic mass is 14.5. The molecule has 0 fully saturated rings. The second-order valence-electron chi connectivity index (χ2n) is 5.53. The van der Waals surface area contributed by atoms with Crippen LogP contribution >= 0.6 is 0 Å². The highest BCUT2D eigenvalue weighted by molar-refractivity contribution is 4.73. The number of rotatable bonds is 10. The summed E-state index contributed by atoms with van der Waals surface area (Å²) in [6, 6.07) is 0. The van der Waals surface area contributed by atoms with Crippen molar-refractivity contribution in [2.75, 3.05) is 6.54 Å². The fourth-order valence-corrected chi connectivity index (χ4v) is 2.89. The zero-order valence-electron chi connectivity index (χ0n) is 12.0. The van der Waals surface area contributed by atoms with Gasteiger partial charge < -0.3 is 5.73 Å². The number of hydrogen-bond donors (Lipinski definition) is 1. The molecule has 0 saturated heterocycles. The highest BCUT2D eigenvalue weighted by Crippen LogP contribution is 2.31. The van der Waals surface area contributed by atoms with Gasteiger partial charge in [0.25, 0.3) is 0 Å². The van der Waals surface area contributed by atoms with Gasteiger partial charge in [-0.05, 0) is 30.7 Å². The summed E-state index contributed by atoms with van der Waals surface area (Å²) in [6.07, 6.45) is 9.44. The van der Waals surface area contributed by atoms with Crippen molar-refractivity contribution < 1.29 is 0 Å². The molecule has 0 spiro atoms. The molecule has 2 unspecified atom stereocenters. The molecule has 0 aliphatic rings. The van der Waals surface area contributed by atoms with E-state index in [4.69, 9.17) is 5.73 Å². The van der Waals surface area contributed by atoms with E-state index in [2.05, 4.69) is 27.7 Å². The third-order valence-corrected chi connectivity index (χ3v) is 3.80. The lowest BCUT2D eigenvalue weighted by Gasteiger charge is -2.30. The second kappa shape index (κ2) is 10.1.